The van der Waals surface area contributed by atoms with Gasteiger partial charge < -0.3 is 10.1 Å². The third-order valence-corrected chi connectivity index (χ3v) is 3.60. The van der Waals surface area contributed by atoms with Crippen molar-refractivity contribution >= 4 is 23.0 Å². The van der Waals surface area contributed by atoms with E-state index in [1.54, 1.807) is 20.1 Å². The Labute approximate surface area is 129 Å². The smallest absolute Gasteiger partial charge is 0.165 e. The van der Waals surface area contributed by atoms with Crippen LogP contribution in [0.1, 0.15) is 22.5 Å². The molecule has 1 aromatic heterocycles. The fraction of sp³-hybridized carbons (Fsp3) is 0.250. The van der Waals surface area contributed by atoms with Gasteiger partial charge in [0.2, 0.25) is 0 Å². The number of halogens is 1. The highest BCUT2D eigenvalue weighted by Gasteiger charge is 2.14. The number of pyridine rings is 1. The predicted molar refractivity (Wildman–Crippen MR) is 84.4 cm³/mol. The second-order valence-corrected chi connectivity index (χ2v) is 5.20. The average molecular weight is 302 g/mol. The quantitative estimate of drug-likeness (QED) is 0.919. The molecule has 0 fully saturated rings. The van der Waals surface area contributed by atoms with E-state index in [1.807, 2.05) is 26.0 Å². The van der Waals surface area contributed by atoms with Gasteiger partial charge in [-0.15, -0.1) is 0 Å². The van der Waals surface area contributed by atoms with Gasteiger partial charge in [0.1, 0.15) is 11.8 Å². The second-order valence-electron chi connectivity index (χ2n) is 4.79. The van der Waals surface area contributed by atoms with Crippen LogP contribution in [0.25, 0.3) is 0 Å². The van der Waals surface area contributed by atoms with Gasteiger partial charge in [0, 0.05) is 16.9 Å². The lowest BCUT2D eigenvalue weighted by molar-refractivity contribution is 0.412. The van der Waals surface area contributed by atoms with Crippen LogP contribution in [0.15, 0.2) is 18.2 Å². The maximum atomic E-state index is 9.25. The van der Waals surface area contributed by atoms with Crippen molar-refractivity contribution in [1.29, 1.82) is 5.26 Å². The summed E-state index contributed by atoms with van der Waals surface area (Å²) in [4.78, 5) is 4.21. The van der Waals surface area contributed by atoms with Gasteiger partial charge in [-0.25, -0.2) is 4.98 Å². The van der Waals surface area contributed by atoms with Crippen molar-refractivity contribution in [2.24, 2.45) is 0 Å². The van der Waals surface area contributed by atoms with E-state index >= 15 is 0 Å². The average Bonchev–Trinajstić information content (AvgIpc) is 2.44. The minimum atomic E-state index is 0.279. The molecule has 0 saturated heterocycles. The molecule has 0 bridgehead atoms. The summed E-state index contributed by atoms with van der Waals surface area (Å²) < 4.78 is 5.33. The number of nitrogens with one attached hydrogen (secondary N) is 1. The first-order chi connectivity index (χ1) is 9.97. The third-order valence-electron chi connectivity index (χ3n) is 3.30. The molecule has 0 atom stereocenters. The molecule has 1 aromatic carbocycles. The van der Waals surface area contributed by atoms with Gasteiger partial charge in [-0.1, -0.05) is 17.7 Å². The van der Waals surface area contributed by atoms with E-state index < -0.39 is 0 Å². The van der Waals surface area contributed by atoms with Gasteiger partial charge in [-0.2, -0.15) is 5.26 Å². The van der Waals surface area contributed by atoms with Crippen molar-refractivity contribution in [2.75, 3.05) is 12.4 Å². The first kappa shape index (κ1) is 15.1. The number of hydrogen-bond donors (Lipinski definition) is 1. The van der Waals surface area contributed by atoms with Gasteiger partial charge in [0.05, 0.1) is 17.8 Å². The Balaban J connectivity index is 2.56. The van der Waals surface area contributed by atoms with E-state index in [2.05, 4.69) is 16.4 Å². The summed E-state index contributed by atoms with van der Waals surface area (Å²) in [7, 11) is 1.63. The molecule has 0 aliphatic heterocycles. The second kappa shape index (κ2) is 6.02. The first-order valence-electron chi connectivity index (χ1n) is 6.46. The van der Waals surface area contributed by atoms with Crippen molar-refractivity contribution in [3.63, 3.8) is 0 Å². The molecule has 0 radical (unpaired) electrons. The lowest BCUT2D eigenvalue weighted by atomic mass is 10.1. The molecule has 2 aromatic rings. The molecule has 0 spiro atoms. The number of anilines is 2. The molecule has 108 valence electrons. The lowest BCUT2D eigenvalue weighted by Crippen LogP contribution is -2.03. The topological polar surface area (TPSA) is 57.9 Å². The van der Waals surface area contributed by atoms with Gasteiger partial charge in [0.25, 0.3) is 0 Å². The summed E-state index contributed by atoms with van der Waals surface area (Å²) in [5.74, 6) is 0.776. The fourth-order valence-electron chi connectivity index (χ4n) is 2.20. The summed E-state index contributed by atoms with van der Waals surface area (Å²) >= 11 is 6.26. The SMILES string of the molecule is COc1ccc(C)c(Nc2c(Cl)cc(C)nc2C#N)c1C. The van der Waals surface area contributed by atoms with Crippen LogP contribution in [0.4, 0.5) is 11.4 Å². The van der Waals surface area contributed by atoms with Crippen LogP contribution < -0.4 is 10.1 Å². The van der Waals surface area contributed by atoms with E-state index in [1.165, 1.54) is 0 Å². The maximum absolute atomic E-state index is 9.25. The molecule has 0 saturated carbocycles. The van der Waals surface area contributed by atoms with Crippen LogP contribution in [-0.2, 0) is 0 Å². The van der Waals surface area contributed by atoms with E-state index in [9.17, 15) is 5.26 Å². The van der Waals surface area contributed by atoms with Crippen LogP contribution in [0, 0.1) is 32.1 Å². The van der Waals surface area contributed by atoms with Crippen molar-refractivity contribution in [3.8, 4) is 11.8 Å². The number of aromatic nitrogens is 1. The summed E-state index contributed by atoms with van der Waals surface area (Å²) in [5.41, 5.74) is 4.37. The van der Waals surface area contributed by atoms with Crippen molar-refractivity contribution in [1.82, 2.24) is 4.98 Å². The monoisotopic (exact) mass is 301 g/mol. The molecule has 0 aliphatic carbocycles. The summed E-state index contributed by atoms with van der Waals surface area (Å²) in [6, 6.07) is 7.67. The highest BCUT2D eigenvalue weighted by molar-refractivity contribution is 6.33. The number of aryl methyl sites for hydroxylation is 2. The number of ether oxygens (including phenoxy) is 1. The molecular weight excluding hydrogens is 286 g/mol. The van der Waals surface area contributed by atoms with Crippen molar-refractivity contribution in [2.45, 2.75) is 20.8 Å². The van der Waals surface area contributed by atoms with E-state index in [4.69, 9.17) is 16.3 Å². The zero-order chi connectivity index (χ0) is 15.6. The maximum Gasteiger partial charge on any atom is 0.165 e. The lowest BCUT2D eigenvalue weighted by Gasteiger charge is -2.17. The van der Waals surface area contributed by atoms with Crippen LogP contribution >= 0.6 is 11.6 Å². The van der Waals surface area contributed by atoms with Crippen molar-refractivity contribution < 1.29 is 4.74 Å². The molecule has 21 heavy (non-hydrogen) atoms. The number of methoxy groups -OCH3 is 1. The molecule has 4 nitrogen and oxygen atoms in total. The van der Waals surface area contributed by atoms with Gasteiger partial charge in [-0.3, -0.25) is 0 Å². The highest BCUT2D eigenvalue weighted by Crippen LogP contribution is 2.35. The van der Waals surface area contributed by atoms with Crippen LogP contribution in [0.2, 0.25) is 5.02 Å². The van der Waals surface area contributed by atoms with Crippen LogP contribution in [-0.4, -0.2) is 12.1 Å². The van der Waals surface area contributed by atoms with Crippen LogP contribution in [0.5, 0.6) is 5.75 Å². The summed E-state index contributed by atoms with van der Waals surface area (Å²) in [6.07, 6.45) is 0. The number of rotatable bonds is 3. The Morgan fingerprint density at radius 2 is 1.95 bits per heavy atom. The van der Waals surface area contributed by atoms with Crippen molar-refractivity contribution in [3.05, 3.63) is 45.7 Å². The Hall–Kier alpha value is -2.25. The Morgan fingerprint density at radius 1 is 1.24 bits per heavy atom. The summed E-state index contributed by atoms with van der Waals surface area (Å²) in [5, 5.41) is 13.0. The largest absolute Gasteiger partial charge is 0.496 e. The zero-order valence-electron chi connectivity index (χ0n) is 12.4. The standard InChI is InChI=1S/C16H16ClN3O/c1-9-5-6-14(21-4)11(3)15(9)20-16-12(17)7-10(2)19-13(16)8-18/h5-7,20H,1-4H3. The first-order valence-corrected chi connectivity index (χ1v) is 6.84. The van der Waals surface area contributed by atoms with Crippen LogP contribution in [0.3, 0.4) is 0 Å². The summed E-state index contributed by atoms with van der Waals surface area (Å²) in [6.45, 7) is 5.74. The number of hydrogen-bond acceptors (Lipinski definition) is 4. The molecule has 5 heteroatoms. The Morgan fingerprint density at radius 3 is 2.57 bits per heavy atom. The molecule has 1 heterocycles. The molecular formula is C16H16ClN3O. The molecule has 0 aliphatic rings. The zero-order valence-corrected chi connectivity index (χ0v) is 13.2. The van der Waals surface area contributed by atoms with Gasteiger partial charge in [-0.05, 0) is 38.5 Å². The normalized spacial score (nSPS) is 10.1. The molecule has 1 N–H and O–H groups in total. The number of nitrogens with zero attached hydrogens (tertiary/aromatic N) is 2. The number of benzene rings is 1. The minimum Gasteiger partial charge on any atom is -0.496 e. The minimum absolute atomic E-state index is 0.279. The Kier molecular flexibility index (Phi) is 4.35. The van der Waals surface area contributed by atoms with Gasteiger partial charge in [0.15, 0.2) is 5.69 Å². The fourth-order valence-corrected chi connectivity index (χ4v) is 2.49. The number of nitriles is 1. The third kappa shape index (κ3) is 2.93. The molecule has 0 unspecified atom stereocenters. The Bertz CT molecular complexity index is 735. The highest BCUT2D eigenvalue weighted by atomic mass is 35.5. The van der Waals surface area contributed by atoms with Gasteiger partial charge >= 0.3 is 0 Å². The predicted octanol–water partition coefficient (Wildman–Crippen LogP) is 4.28. The van der Waals surface area contributed by atoms with E-state index in [0.29, 0.717) is 16.4 Å². The molecule has 2 rings (SSSR count). The van der Waals surface area contributed by atoms with E-state index in [0.717, 1.165) is 22.6 Å². The molecule has 0 amide bonds. The van der Waals surface area contributed by atoms with E-state index in [-0.39, 0.29) is 5.69 Å².